The fourth-order valence-corrected chi connectivity index (χ4v) is 3.61. The molecule has 0 aromatic carbocycles. The summed E-state index contributed by atoms with van der Waals surface area (Å²) in [5.41, 5.74) is -0.612. The number of pyridine rings is 1. The van der Waals surface area contributed by atoms with Gasteiger partial charge in [-0.05, 0) is 37.3 Å². The Hall–Kier alpha value is -3.51. The lowest BCUT2D eigenvalue weighted by Gasteiger charge is -2.28. The van der Waals surface area contributed by atoms with E-state index in [1.54, 1.807) is 28.9 Å². The zero-order chi connectivity index (χ0) is 23.4. The molecule has 1 saturated heterocycles. The van der Waals surface area contributed by atoms with Crippen LogP contribution in [0.25, 0.3) is 5.65 Å². The van der Waals surface area contributed by atoms with Crippen LogP contribution in [-0.2, 0) is 15.8 Å². The van der Waals surface area contributed by atoms with Gasteiger partial charge in [-0.25, -0.2) is 9.97 Å². The number of carbonyl (C=O) groups excluding carboxylic acids is 2. The summed E-state index contributed by atoms with van der Waals surface area (Å²) in [5.74, 6) is -2.32. The van der Waals surface area contributed by atoms with E-state index in [9.17, 15) is 33.0 Å². The maximum atomic E-state index is 13.3. The van der Waals surface area contributed by atoms with Crippen molar-refractivity contribution in [3.63, 3.8) is 0 Å². The second-order valence-corrected chi connectivity index (χ2v) is 7.40. The van der Waals surface area contributed by atoms with Crippen LogP contribution in [0.5, 0.6) is 0 Å². The third-order valence-electron chi connectivity index (χ3n) is 5.23. The minimum atomic E-state index is -4.73. The Morgan fingerprint density at radius 1 is 1.16 bits per heavy atom. The van der Waals surface area contributed by atoms with Gasteiger partial charge in [-0.1, -0.05) is 0 Å². The van der Waals surface area contributed by atoms with Crippen molar-refractivity contribution in [3.8, 4) is 0 Å². The number of carbonyl (C=O) groups is 2. The number of fused-ring (bicyclic) bond motifs is 1. The van der Waals surface area contributed by atoms with Gasteiger partial charge in [-0.2, -0.15) is 13.2 Å². The molecule has 9 nitrogen and oxygen atoms in total. The molecule has 0 radical (unpaired) electrons. The number of aliphatic hydroxyl groups is 2. The Morgan fingerprint density at radius 3 is 2.56 bits per heavy atom. The molecule has 0 spiro atoms. The van der Waals surface area contributed by atoms with Gasteiger partial charge in [0, 0.05) is 25.1 Å². The summed E-state index contributed by atoms with van der Waals surface area (Å²) in [6.07, 6.45) is -5.23. The molecule has 0 bridgehead atoms. The average molecular weight is 449 g/mol. The van der Waals surface area contributed by atoms with Crippen LogP contribution < -0.4 is 9.80 Å². The molecule has 1 aliphatic rings. The van der Waals surface area contributed by atoms with Crippen molar-refractivity contribution >= 4 is 29.1 Å². The standard InChI is InChI=1S/C20H18F3N5O4/c1-10-8-11(20(21,22)23)9-14(24-10)28-15(16(29)17(30)19(28)32)18(31)26(2)12-5-7-27-6-3-4-13(27)25-12/h3-9,15-17,29-30H,1-2H3/t15-,16-,17-/m0/s1. The van der Waals surface area contributed by atoms with E-state index in [0.29, 0.717) is 16.6 Å². The first-order valence-corrected chi connectivity index (χ1v) is 9.45. The van der Waals surface area contributed by atoms with Crippen molar-refractivity contribution in [1.29, 1.82) is 0 Å². The SMILES string of the molecule is Cc1cc(C(F)(F)F)cc(N2C(=O)[C@@H](O)[C@@H](O)[C@H]2C(=O)N(C)c2ccn3cccc3n2)n1. The van der Waals surface area contributed by atoms with Crippen LogP contribution in [0.1, 0.15) is 11.3 Å². The number of likely N-dealkylation sites (N-methyl/N-ethyl adjacent to an activating group) is 1. The van der Waals surface area contributed by atoms with E-state index < -0.39 is 47.6 Å². The van der Waals surface area contributed by atoms with Crippen LogP contribution in [0.15, 0.2) is 42.7 Å². The first kappa shape index (κ1) is 21.7. The molecule has 3 atom stereocenters. The van der Waals surface area contributed by atoms with Crippen molar-refractivity contribution in [2.75, 3.05) is 16.8 Å². The summed E-state index contributed by atoms with van der Waals surface area (Å²) < 4.78 is 41.5. The number of alkyl halides is 3. The predicted octanol–water partition coefficient (Wildman–Crippen LogP) is 1.16. The highest BCUT2D eigenvalue weighted by Crippen LogP contribution is 2.34. The highest BCUT2D eigenvalue weighted by molar-refractivity contribution is 6.10. The van der Waals surface area contributed by atoms with Gasteiger partial charge in [0.1, 0.15) is 29.4 Å². The first-order chi connectivity index (χ1) is 15.0. The Labute approximate surface area is 179 Å². The molecule has 3 aromatic heterocycles. The Balaban J connectivity index is 1.75. The minimum Gasteiger partial charge on any atom is -0.387 e. The van der Waals surface area contributed by atoms with Gasteiger partial charge in [0.25, 0.3) is 11.8 Å². The number of aliphatic hydroxyl groups excluding tert-OH is 2. The number of amides is 2. The van der Waals surface area contributed by atoms with Gasteiger partial charge in [-0.15, -0.1) is 0 Å². The first-order valence-electron chi connectivity index (χ1n) is 9.45. The topological polar surface area (TPSA) is 111 Å². The number of halogens is 3. The van der Waals surface area contributed by atoms with Gasteiger partial charge in [0.2, 0.25) is 0 Å². The van der Waals surface area contributed by atoms with Gasteiger partial charge in [0.15, 0.2) is 6.10 Å². The lowest BCUT2D eigenvalue weighted by atomic mass is 10.1. The molecule has 168 valence electrons. The lowest BCUT2D eigenvalue weighted by Crippen LogP contribution is -2.50. The summed E-state index contributed by atoms with van der Waals surface area (Å²) in [6, 6.07) is 4.63. The molecule has 0 unspecified atom stereocenters. The number of rotatable bonds is 3. The van der Waals surface area contributed by atoms with E-state index in [0.717, 1.165) is 11.0 Å². The molecule has 0 aliphatic carbocycles. The zero-order valence-corrected chi connectivity index (χ0v) is 16.9. The molecule has 0 saturated carbocycles. The van der Waals surface area contributed by atoms with E-state index in [-0.39, 0.29) is 11.5 Å². The molecule has 1 aliphatic heterocycles. The fourth-order valence-electron chi connectivity index (χ4n) is 3.61. The number of hydrogen-bond donors (Lipinski definition) is 2. The Bertz CT molecular complexity index is 1210. The molecule has 2 amide bonds. The van der Waals surface area contributed by atoms with E-state index in [1.165, 1.54) is 20.0 Å². The molecule has 3 aromatic rings. The van der Waals surface area contributed by atoms with Crippen LogP contribution in [0.4, 0.5) is 24.8 Å². The average Bonchev–Trinajstić information content (AvgIpc) is 3.29. The van der Waals surface area contributed by atoms with Crippen molar-refractivity contribution in [3.05, 3.63) is 54.0 Å². The summed E-state index contributed by atoms with van der Waals surface area (Å²) in [7, 11) is 1.34. The summed E-state index contributed by atoms with van der Waals surface area (Å²) in [4.78, 5) is 35.7. The van der Waals surface area contributed by atoms with Crippen LogP contribution in [0.2, 0.25) is 0 Å². The lowest BCUT2D eigenvalue weighted by molar-refractivity contribution is -0.137. The second kappa shape index (κ2) is 7.57. The minimum absolute atomic E-state index is 0.0570. The molecule has 2 N–H and O–H groups in total. The van der Waals surface area contributed by atoms with Crippen LogP contribution >= 0.6 is 0 Å². The normalized spacial score (nSPS) is 21.4. The van der Waals surface area contributed by atoms with E-state index >= 15 is 0 Å². The van der Waals surface area contributed by atoms with Gasteiger partial charge >= 0.3 is 6.18 Å². The van der Waals surface area contributed by atoms with Gasteiger partial charge in [-0.3, -0.25) is 19.4 Å². The van der Waals surface area contributed by atoms with E-state index in [2.05, 4.69) is 9.97 Å². The Morgan fingerprint density at radius 2 is 1.88 bits per heavy atom. The molecular formula is C20H18F3N5O4. The van der Waals surface area contributed by atoms with Crippen molar-refractivity contribution in [2.45, 2.75) is 31.3 Å². The monoisotopic (exact) mass is 449 g/mol. The van der Waals surface area contributed by atoms with E-state index in [1.807, 2.05) is 0 Å². The summed E-state index contributed by atoms with van der Waals surface area (Å²) in [6.45, 7) is 1.30. The summed E-state index contributed by atoms with van der Waals surface area (Å²) in [5, 5.41) is 20.5. The van der Waals surface area contributed by atoms with Crippen LogP contribution in [0, 0.1) is 6.92 Å². The Kier molecular flexibility index (Phi) is 5.13. The second-order valence-electron chi connectivity index (χ2n) is 7.40. The van der Waals surface area contributed by atoms with Crippen molar-refractivity contribution < 1.29 is 33.0 Å². The molecule has 1 fully saturated rings. The van der Waals surface area contributed by atoms with Crippen molar-refractivity contribution in [1.82, 2.24) is 14.4 Å². The highest BCUT2D eigenvalue weighted by atomic mass is 19.4. The number of nitrogens with zero attached hydrogens (tertiary/aromatic N) is 5. The van der Waals surface area contributed by atoms with Crippen LogP contribution in [0.3, 0.4) is 0 Å². The number of aromatic nitrogens is 3. The summed E-state index contributed by atoms with van der Waals surface area (Å²) >= 11 is 0. The highest BCUT2D eigenvalue weighted by Gasteiger charge is 2.52. The maximum Gasteiger partial charge on any atom is 0.416 e. The number of anilines is 2. The maximum absolute atomic E-state index is 13.3. The van der Waals surface area contributed by atoms with E-state index in [4.69, 9.17) is 0 Å². The van der Waals surface area contributed by atoms with Crippen molar-refractivity contribution in [2.24, 2.45) is 0 Å². The predicted molar refractivity (Wildman–Crippen MR) is 106 cm³/mol. The van der Waals surface area contributed by atoms with Gasteiger partial charge < -0.3 is 14.6 Å². The molecule has 32 heavy (non-hydrogen) atoms. The fraction of sp³-hybridized carbons (Fsp3) is 0.300. The third-order valence-corrected chi connectivity index (χ3v) is 5.23. The molecular weight excluding hydrogens is 431 g/mol. The largest absolute Gasteiger partial charge is 0.416 e. The smallest absolute Gasteiger partial charge is 0.387 e. The molecule has 12 heteroatoms. The molecule has 4 rings (SSSR count). The number of aryl methyl sites for hydroxylation is 1. The van der Waals surface area contributed by atoms with Gasteiger partial charge in [0.05, 0.1) is 5.56 Å². The zero-order valence-electron chi connectivity index (χ0n) is 16.9. The van der Waals surface area contributed by atoms with Crippen LogP contribution in [-0.4, -0.2) is 61.7 Å². The third kappa shape index (κ3) is 3.56. The molecule has 4 heterocycles. The quantitative estimate of drug-likeness (QED) is 0.621. The number of hydrogen-bond acceptors (Lipinski definition) is 6.